The van der Waals surface area contributed by atoms with Crippen LogP contribution in [0.4, 0.5) is 0 Å². The van der Waals surface area contributed by atoms with Crippen LogP contribution in [0, 0.1) is 16.7 Å². The monoisotopic (exact) mass is 406 g/mol. The Hall–Kier alpha value is -1.64. The Labute approximate surface area is 179 Å². The molecule has 0 spiro atoms. The highest BCUT2D eigenvalue weighted by molar-refractivity contribution is 6.99. The van der Waals surface area contributed by atoms with Gasteiger partial charge in [0.25, 0.3) is 8.32 Å². The lowest BCUT2D eigenvalue weighted by Gasteiger charge is -2.45. The van der Waals surface area contributed by atoms with Crippen molar-refractivity contribution in [3.05, 3.63) is 73.3 Å². The maximum Gasteiger partial charge on any atom is 0.261 e. The van der Waals surface area contributed by atoms with E-state index in [0.717, 1.165) is 6.61 Å². The lowest BCUT2D eigenvalue weighted by Crippen LogP contribution is -2.67. The Morgan fingerprint density at radius 1 is 0.966 bits per heavy atom. The van der Waals surface area contributed by atoms with Crippen molar-refractivity contribution in [1.82, 2.24) is 0 Å². The van der Waals surface area contributed by atoms with Gasteiger partial charge in [-0.3, -0.25) is 0 Å². The largest absolute Gasteiger partial charge is 0.407 e. The average molecular weight is 407 g/mol. The van der Waals surface area contributed by atoms with Crippen molar-refractivity contribution in [2.75, 3.05) is 6.61 Å². The summed E-state index contributed by atoms with van der Waals surface area (Å²) < 4.78 is 7.23. The standard InChI is InChI=1S/C27H38OSi/c1-8-27(7)20-19-22(26(27,5)6)21-28-29(25(2,3)4,23-15-11-9-12-16-23)24-17-13-10-14-18-24/h8-18,22H,1,19-21H2,2-7H3/t22-,27-/m1/s1. The molecule has 0 heterocycles. The van der Waals surface area contributed by atoms with Crippen LogP contribution in [0.5, 0.6) is 0 Å². The van der Waals surface area contributed by atoms with E-state index < -0.39 is 8.32 Å². The van der Waals surface area contributed by atoms with Gasteiger partial charge < -0.3 is 4.43 Å². The molecular weight excluding hydrogens is 368 g/mol. The van der Waals surface area contributed by atoms with E-state index in [4.69, 9.17) is 4.43 Å². The lowest BCUT2D eigenvalue weighted by atomic mass is 9.66. The minimum atomic E-state index is -2.46. The van der Waals surface area contributed by atoms with Crippen LogP contribution in [-0.2, 0) is 4.43 Å². The third-order valence-corrected chi connectivity index (χ3v) is 12.9. The van der Waals surface area contributed by atoms with Gasteiger partial charge >= 0.3 is 0 Å². The first-order valence-electron chi connectivity index (χ1n) is 11.0. The molecule has 0 unspecified atom stereocenters. The fraction of sp³-hybridized carbons (Fsp3) is 0.481. The van der Waals surface area contributed by atoms with Crippen molar-refractivity contribution < 1.29 is 4.43 Å². The molecule has 1 aliphatic carbocycles. The zero-order valence-electron chi connectivity index (χ0n) is 19.2. The fourth-order valence-electron chi connectivity index (χ4n) is 5.27. The van der Waals surface area contributed by atoms with Crippen molar-refractivity contribution in [3.63, 3.8) is 0 Å². The quantitative estimate of drug-likeness (QED) is 0.410. The second kappa shape index (κ2) is 7.89. The number of allylic oxidation sites excluding steroid dienone is 1. The molecule has 1 fully saturated rings. The van der Waals surface area contributed by atoms with Gasteiger partial charge in [-0.25, -0.2) is 0 Å². The molecule has 1 saturated carbocycles. The van der Waals surface area contributed by atoms with Crippen LogP contribution in [0.3, 0.4) is 0 Å². The number of benzene rings is 2. The van der Waals surface area contributed by atoms with E-state index in [0.29, 0.717) is 5.92 Å². The molecule has 1 nitrogen and oxygen atoms in total. The molecule has 2 aromatic carbocycles. The molecule has 3 rings (SSSR count). The van der Waals surface area contributed by atoms with Gasteiger partial charge in [-0.2, -0.15) is 0 Å². The first-order chi connectivity index (χ1) is 13.6. The zero-order chi connectivity index (χ0) is 21.3. The predicted molar refractivity (Wildman–Crippen MR) is 128 cm³/mol. The zero-order valence-corrected chi connectivity index (χ0v) is 20.2. The van der Waals surface area contributed by atoms with Gasteiger partial charge in [0, 0.05) is 6.61 Å². The summed E-state index contributed by atoms with van der Waals surface area (Å²) in [5.41, 5.74) is 0.354. The topological polar surface area (TPSA) is 9.23 Å². The van der Waals surface area contributed by atoms with E-state index >= 15 is 0 Å². The number of hydrogen-bond donors (Lipinski definition) is 0. The SMILES string of the molecule is C=C[C@]1(C)CC[C@H](CO[Si](c2ccccc2)(c2ccccc2)C(C)(C)C)C1(C)C. The van der Waals surface area contributed by atoms with Crippen molar-refractivity contribution in [2.24, 2.45) is 16.7 Å². The van der Waals surface area contributed by atoms with Gasteiger partial charge in [0.2, 0.25) is 0 Å². The smallest absolute Gasteiger partial charge is 0.261 e. The Morgan fingerprint density at radius 2 is 1.45 bits per heavy atom. The first-order valence-corrected chi connectivity index (χ1v) is 12.9. The third-order valence-electron chi connectivity index (χ3n) is 7.87. The Balaban J connectivity index is 2.05. The van der Waals surface area contributed by atoms with Gasteiger partial charge in [-0.15, -0.1) is 6.58 Å². The Bertz CT molecular complexity index is 779. The molecule has 0 amide bonds. The molecule has 0 radical (unpaired) electrons. The fourth-order valence-corrected chi connectivity index (χ4v) is 9.87. The first kappa shape index (κ1) is 22.1. The normalized spacial score (nSPS) is 24.4. The molecule has 156 valence electrons. The van der Waals surface area contributed by atoms with Gasteiger partial charge in [0.05, 0.1) is 0 Å². The predicted octanol–water partition coefficient (Wildman–Crippen LogP) is 6.19. The molecule has 1 aliphatic rings. The van der Waals surface area contributed by atoms with Crippen LogP contribution in [0.2, 0.25) is 5.04 Å². The molecule has 0 bridgehead atoms. The molecule has 2 heteroatoms. The van der Waals surface area contributed by atoms with Crippen LogP contribution in [0.15, 0.2) is 73.3 Å². The Kier molecular flexibility index (Phi) is 6.00. The van der Waals surface area contributed by atoms with Crippen molar-refractivity contribution >= 4 is 18.7 Å². The van der Waals surface area contributed by atoms with Crippen molar-refractivity contribution in [3.8, 4) is 0 Å². The summed E-state index contributed by atoms with van der Waals surface area (Å²) in [5.74, 6) is 0.534. The molecule has 0 N–H and O–H groups in total. The molecule has 0 aromatic heterocycles. The summed E-state index contributed by atoms with van der Waals surface area (Å²) in [5, 5.41) is 2.75. The summed E-state index contributed by atoms with van der Waals surface area (Å²) in [4.78, 5) is 0. The van der Waals surface area contributed by atoms with E-state index in [2.05, 4.69) is 115 Å². The summed E-state index contributed by atoms with van der Waals surface area (Å²) in [6.45, 7) is 19.2. The molecule has 29 heavy (non-hydrogen) atoms. The second-order valence-electron chi connectivity index (χ2n) is 10.6. The van der Waals surface area contributed by atoms with Gasteiger partial charge in [-0.1, -0.05) is 108 Å². The molecule has 2 aromatic rings. The van der Waals surface area contributed by atoms with Gasteiger partial charge in [-0.05, 0) is 45.0 Å². The maximum absolute atomic E-state index is 7.23. The molecule has 2 atom stereocenters. The second-order valence-corrected chi connectivity index (χ2v) is 14.9. The minimum Gasteiger partial charge on any atom is -0.407 e. The van der Waals surface area contributed by atoms with Crippen molar-refractivity contribution in [2.45, 2.75) is 59.4 Å². The van der Waals surface area contributed by atoms with Crippen LogP contribution in [-0.4, -0.2) is 14.9 Å². The molecule has 0 saturated heterocycles. The van der Waals surface area contributed by atoms with E-state index in [1.807, 2.05) is 0 Å². The van der Waals surface area contributed by atoms with Crippen LogP contribution >= 0.6 is 0 Å². The van der Waals surface area contributed by atoms with E-state index in [-0.39, 0.29) is 15.9 Å². The highest BCUT2D eigenvalue weighted by atomic mass is 28.4. The highest BCUT2D eigenvalue weighted by Crippen LogP contribution is 2.56. The average Bonchev–Trinajstić information content (AvgIpc) is 2.93. The maximum atomic E-state index is 7.23. The Morgan fingerprint density at radius 3 is 1.83 bits per heavy atom. The van der Waals surface area contributed by atoms with Gasteiger partial charge in [0.15, 0.2) is 0 Å². The van der Waals surface area contributed by atoms with Crippen LogP contribution < -0.4 is 10.4 Å². The van der Waals surface area contributed by atoms with Crippen LogP contribution in [0.1, 0.15) is 54.4 Å². The minimum absolute atomic E-state index is 0.0280. The number of hydrogen-bond acceptors (Lipinski definition) is 1. The van der Waals surface area contributed by atoms with E-state index in [1.165, 1.54) is 23.2 Å². The highest BCUT2D eigenvalue weighted by Gasteiger charge is 2.53. The summed E-state index contributed by atoms with van der Waals surface area (Å²) in [7, 11) is -2.46. The lowest BCUT2D eigenvalue weighted by molar-refractivity contribution is 0.0915. The number of rotatable bonds is 6. The molecule has 0 aliphatic heterocycles. The summed E-state index contributed by atoms with van der Waals surface area (Å²) in [6.07, 6.45) is 4.57. The van der Waals surface area contributed by atoms with E-state index in [9.17, 15) is 0 Å². The third kappa shape index (κ3) is 3.66. The summed E-state index contributed by atoms with van der Waals surface area (Å²) in [6, 6.07) is 21.9. The van der Waals surface area contributed by atoms with Crippen LogP contribution in [0.25, 0.3) is 0 Å². The molecular formula is C27H38OSi. The van der Waals surface area contributed by atoms with Crippen molar-refractivity contribution in [1.29, 1.82) is 0 Å². The van der Waals surface area contributed by atoms with E-state index in [1.54, 1.807) is 0 Å². The summed E-state index contributed by atoms with van der Waals surface area (Å²) >= 11 is 0. The van der Waals surface area contributed by atoms with Gasteiger partial charge in [0.1, 0.15) is 0 Å².